The molecule has 0 saturated heterocycles. The molecule has 0 aromatic heterocycles. The minimum absolute atomic E-state index is 0.418. The van der Waals surface area contributed by atoms with Gasteiger partial charge in [-0.2, -0.15) is 0 Å². The monoisotopic (exact) mass is 227 g/mol. The number of hydrogen-bond acceptors (Lipinski definition) is 1. The lowest BCUT2D eigenvalue weighted by molar-refractivity contribution is 0.652. The Balaban J connectivity index is 2.96. The number of halogens is 1. The minimum atomic E-state index is 0.418. The third kappa shape index (κ3) is 2.08. The molecular formula is C10H14BrN. The van der Waals surface area contributed by atoms with E-state index in [1.54, 1.807) is 0 Å². The zero-order valence-electron chi connectivity index (χ0n) is 7.69. The Morgan fingerprint density at radius 3 is 2.58 bits per heavy atom. The van der Waals surface area contributed by atoms with Crippen LogP contribution in [-0.4, -0.2) is 7.05 Å². The van der Waals surface area contributed by atoms with Gasteiger partial charge in [0.05, 0.1) is 0 Å². The zero-order chi connectivity index (χ0) is 9.14. The van der Waals surface area contributed by atoms with Gasteiger partial charge in [-0.25, -0.2) is 0 Å². The van der Waals surface area contributed by atoms with Crippen molar-refractivity contribution in [3.8, 4) is 0 Å². The molecule has 1 atom stereocenters. The van der Waals surface area contributed by atoms with Crippen LogP contribution in [0, 0.1) is 6.92 Å². The molecule has 0 aliphatic heterocycles. The molecule has 12 heavy (non-hydrogen) atoms. The number of aryl methyl sites for hydroxylation is 1. The predicted molar refractivity (Wildman–Crippen MR) is 56.4 cm³/mol. The van der Waals surface area contributed by atoms with E-state index in [0.29, 0.717) is 6.04 Å². The number of rotatable bonds is 2. The lowest BCUT2D eigenvalue weighted by Crippen LogP contribution is -2.12. The van der Waals surface area contributed by atoms with E-state index in [4.69, 9.17) is 0 Å². The van der Waals surface area contributed by atoms with E-state index in [9.17, 15) is 0 Å². The second-order valence-electron chi connectivity index (χ2n) is 3.02. The average Bonchev–Trinajstić information content (AvgIpc) is 2.08. The van der Waals surface area contributed by atoms with Crippen LogP contribution in [0.15, 0.2) is 22.7 Å². The summed E-state index contributed by atoms with van der Waals surface area (Å²) in [7, 11) is 1.97. The Kier molecular flexibility index (Phi) is 3.29. The Bertz CT molecular complexity index is 271. The van der Waals surface area contributed by atoms with Gasteiger partial charge in [-0.1, -0.05) is 28.1 Å². The molecular weight excluding hydrogens is 214 g/mol. The van der Waals surface area contributed by atoms with E-state index in [0.717, 1.165) is 0 Å². The van der Waals surface area contributed by atoms with Gasteiger partial charge in [0, 0.05) is 10.5 Å². The smallest absolute Gasteiger partial charge is 0.0289 e. The molecule has 0 aliphatic carbocycles. The van der Waals surface area contributed by atoms with Crippen LogP contribution >= 0.6 is 15.9 Å². The van der Waals surface area contributed by atoms with Crippen molar-refractivity contribution in [1.29, 1.82) is 0 Å². The lowest BCUT2D eigenvalue weighted by Gasteiger charge is -2.11. The highest BCUT2D eigenvalue weighted by atomic mass is 79.9. The molecule has 0 heterocycles. The van der Waals surface area contributed by atoms with Gasteiger partial charge in [-0.15, -0.1) is 0 Å². The van der Waals surface area contributed by atoms with E-state index >= 15 is 0 Å². The second kappa shape index (κ2) is 4.06. The largest absolute Gasteiger partial charge is 0.313 e. The number of hydrogen-bond donors (Lipinski definition) is 1. The fraction of sp³-hybridized carbons (Fsp3) is 0.400. The van der Waals surface area contributed by atoms with Gasteiger partial charge in [0.2, 0.25) is 0 Å². The summed E-state index contributed by atoms with van der Waals surface area (Å²) >= 11 is 3.52. The van der Waals surface area contributed by atoms with Crippen LogP contribution < -0.4 is 5.32 Å². The maximum Gasteiger partial charge on any atom is 0.0289 e. The van der Waals surface area contributed by atoms with Crippen molar-refractivity contribution in [2.75, 3.05) is 7.05 Å². The van der Waals surface area contributed by atoms with Gasteiger partial charge in [0.25, 0.3) is 0 Å². The summed E-state index contributed by atoms with van der Waals surface area (Å²) in [5.74, 6) is 0. The molecule has 0 bridgehead atoms. The average molecular weight is 228 g/mol. The van der Waals surface area contributed by atoms with Crippen molar-refractivity contribution < 1.29 is 0 Å². The fourth-order valence-corrected chi connectivity index (χ4v) is 1.44. The lowest BCUT2D eigenvalue weighted by atomic mass is 10.1. The number of benzene rings is 1. The van der Waals surface area contributed by atoms with Crippen molar-refractivity contribution in [2.45, 2.75) is 19.9 Å². The van der Waals surface area contributed by atoms with Crippen LogP contribution in [0.4, 0.5) is 0 Å². The van der Waals surface area contributed by atoms with Crippen molar-refractivity contribution in [3.63, 3.8) is 0 Å². The third-order valence-corrected chi connectivity index (χ3v) is 2.98. The van der Waals surface area contributed by atoms with Crippen molar-refractivity contribution in [1.82, 2.24) is 5.32 Å². The Morgan fingerprint density at radius 1 is 1.42 bits per heavy atom. The fourth-order valence-electron chi connectivity index (χ4n) is 1.05. The van der Waals surface area contributed by atoms with Gasteiger partial charge in [0.15, 0.2) is 0 Å². The van der Waals surface area contributed by atoms with E-state index < -0.39 is 0 Å². The van der Waals surface area contributed by atoms with Crippen molar-refractivity contribution >= 4 is 15.9 Å². The maximum atomic E-state index is 3.52. The van der Waals surface area contributed by atoms with Gasteiger partial charge in [0.1, 0.15) is 0 Å². The molecule has 0 radical (unpaired) electrons. The molecule has 1 aromatic rings. The summed E-state index contributed by atoms with van der Waals surface area (Å²) in [5.41, 5.74) is 2.59. The van der Waals surface area contributed by atoms with Crippen LogP contribution in [0.25, 0.3) is 0 Å². The predicted octanol–water partition coefficient (Wildman–Crippen LogP) is 3.04. The van der Waals surface area contributed by atoms with Gasteiger partial charge in [-0.05, 0) is 38.1 Å². The summed E-state index contributed by atoms with van der Waals surface area (Å²) in [4.78, 5) is 0. The molecule has 0 aliphatic rings. The van der Waals surface area contributed by atoms with Crippen LogP contribution in [0.2, 0.25) is 0 Å². The first kappa shape index (κ1) is 9.75. The highest BCUT2D eigenvalue weighted by Gasteiger charge is 2.03. The Hall–Kier alpha value is -0.340. The summed E-state index contributed by atoms with van der Waals surface area (Å²) < 4.78 is 1.18. The first-order valence-corrected chi connectivity index (χ1v) is 4.87. The summed E-state index contributed by atoms with van der Waals surface area (Å²) in [6.07, 6.45) is 0. The Morgan fingerprint density at radius 2 is 2.08 bits per heavy atom. The molecule has 0 fully saturated rings. The minimum Gasteiger partial charge on any atom is -0.313 e. The summed E-state index contributed by atoms with van der Waals surface area (Å²) in [6, 6.07) is 6.87. The molecule has 1 aromatic carbocycles. The topological polar surface area (TPSA) is 12.0 Å². The summed E-state index contributed by atoms with van der Waals surface area (Å²) in [5, 5.41) is 3.21. The van der Waals surface area contributed by atoms with E-state index in [-0.39, 0.29) is 0 Å². The molecule has 66 valence electrons. The van der Waals surface area contributed by atoms with E-state index in [2.05, 4.69) is 53.3 Å². The number of nitrogens with one attached hydrogen (secondary N) is 1. The first-order chi connectivity index (χ1) is 5.65. The molecule has 0 spiro atoms. The molecule has 1 N–H and O–H groups in total. The molecule has 0 saturated carbocycles. The van der Waals surface area contributed by atoms with Gasteiger partial charge >= 0.3 is 0 Å². The molecule has 0 amide bonds. The zero-order valence-corrected chi connectivity index (χ0v) is 9.27. The third-order valence-electron chi connectivity index (χ3n) is 2.13. The maximum absolute atomic E-state index is 3.52. The SMILES string of the molecule is CNC(C)c1ccc(C)c(Br)c1. The Labute approximate surface area is 82.3 Å². The standard InChI is InChI=1S/C10H14BrN/c1-7-4-5-9(6-10(7)11)8(2)12-3/h4-6,8,12H,1-3H3. The normalized spacial score (nSPS) is 13.0. The summed E-state index contributed by atoms with van der Waals surface area (Å²) in [6.45, 7) is 4.25. The molecule has 2 heteroatoms. The van der Waals surface area contributed by atoms with Gasteiger partial charge < -0.3 is 5.32 Å². The van der Waals surface area contributed by atoms with E-state index in [1.807, 2.05) is 7.05 Å². The second-order valence-corrected chi connectivity index (χ2v) is 3.87. The quantitative estimate of drug-likeness (QED) is 0.820. The highest BCUT2D eigenvalue weighted by molar-refractivity contribution is 9.10. The molecule has 1 rings (SSSR count). The van der Waals surface area contributed by atoms with Crippen molar-refractivity contribution in [3.05, 3.63) is 33.8 Å². The van der Waals surface area contributed by atoms with Crippen molar-refractivity contribution in [2.24, 2.45) is 0 Å². The highest BCUT2D eigenvalue weighted by Crippen LogP contribution is 2.21. The first-order valence-electron chi connectivity index (χ1n) is 4.08. The van der Waals surface area contributed by atoms with Crippen LogP contribution in [0.5, 0.6) is 0 Å². The molecule has 1 nitrogen and oxygen atoms in total. The van der Waals surface area contributed by atoms with Crippen LogP contribution in [0.1, 0.15) is 24.1 Å². The van der Waals surface area contributed by atoms with Crippen LogP contribution in [-0.2, 0) is 0 Å². The van der Waals surface area contributed by atoms with Crippen LogP contribution in [0.3, 0.4) is 0 Å². The molecule has 1 unspecified atom stereocenters. The van der Waals surface area contributed by atoms with E-state index in [1.165, 1.54) is 15.6 Å². The van der Waals surface area contributed by atoms with Gasteiger partial charge in [-0.3, -0.25) is 0 Å².